The molecular weight excluding hydrogens is 460 g/mol. The molecule has 0 aliphatic carbocycles. The molecule has 0 saturated carbocycles. The minimum Gasteiger partial charge on any atom is -0.353 e. The standard InChI is InChI=1S/C28H31ClN4O2/c1-2-25(22-8-4-3-5-9-22)28(35)33-17-15-32(16-18-33)26-12-11-23(20-31-26)27(34)30-14-13-21-7-6-10-24(29)19-21/h3-12,19-20,25H,2,13-18H2,1H3,(H,30,34). The van der Waals surface area contributed by atoms with Crippen LogP contribution in [0, 0.1) is 0 Å². The highest BCUT2D eigenvalue weighted by Crippen LogP contribution is 2.23. The predicted molar refractivity (Wildman–Crippen MR) is 140 cm³/mol. The SMILES string of the molecule is CCC(C(=O)N1CCN(c2ccc(C(=O)NCCc3cccc(Cl)c3)cn2)CC1)c1ccccc1. The Morgan fingerprint density at radius 3 is 2.43 bits per heavy atom. The molecule has 0 spiro atoms. The fourth-order valence-electron chi connectivity index (χ4n) is 4.44. The highest BCUT2D eigenvalue weighted by molar-refractivity contribution is 6.30. The summed E-state index contributed by atoms with van der Waals surface area (Å²) in [5, 5.41) is 3.63. The van der Waals surface area contributed by atoms with Gasteiger partial charge in [-0.2, -0.15) is 0 Å². The molecule has 1 atom stereocenters. The van der Waals surface area contributed by atoms with Crippen molar-refractivity contribution in [2.75, 3.05) is 37.6 Å². The van der Waals surface area contributed by atoms with Gasteiger partial charge >= 0.3 is 0 Å². The molecule has 2 aromatic carbocycles. The molecule has 1 aliphatic rings. The number of carbonyl (C=O) groups excluding carboxylic acids is 2. The van der Waals surface area contributed by atoms with Gasteiger partial charge in [-0.15, -0.1) is 0 Å². The van der Waals surface area contributed by atoms with Crippen LogP contribution in [0.3, 0.4) is 0 Å². The minimum atomic E-state index is -0.145. The predicted octanol–water partition coefficient (Wildman–Crippen LogP) is 4.55. The summed E-state index contributed by atoms with van der Waals surface area (Å²) >= 11 is 6.01. The minimum absolute atomic E-state index is 0.0995. The van der Waals surface area contributed by atoms with Gasteiger partial charge in [0.05, 0.1) is 11.5 Å². The van der Waals surface area contributed by atoms with Crippen LogP contribution >= 0.6 is 11.6 Å². The van der Waals surface area contributed by atoms with E-state index in [1.165, 1.54) is 0 Å². The van der Waals surface area contributed by atoms with Gasteiger partial charge in [0.15, 0.2) is 0 Å². The Kier molecular flexibility index (Phi) is 8.37. The Bertz CT molecular complexity index is 1130. The highest BCUT2D eigenvalue weighted by Gasteiger charge is 2.27. The number of hydrogen-bond donors (Lipinski definition) is 1. The third kappa shape index (κ3) is 6.40. The maximum atomic E-state index is 13.1. The monoisotopic (exact) mass is 490 g/mol. The largest absolute Gasteiger partial charge is 0.353 e. The number of benzene rings is 2. The number of nitrogens with one attached hydrogen (secondary N) is 1. The lowest BCUT2D eigenvalue weighted by Crippen LogP contribution is -2.50. The average molecular weight is 491 g/mol. The molecule has 1 saturated heterocycles. The van der Waals surface area contributed by atoms with E-state index in [1.807, 2.05) is 65.6 Å². The van der Waals surface area contributed by atoms with Crippen LogP contribution in [0.25, 0.3) is 0 Å². The smallest absolute Gasteiger partial charge is 0.252 e. The van der Waals surface area contributed by atoms with E-state index in [1.54, 1.807) is 12.3 Å². The molecule has 1 aromatic heterocycles. The fraction of sp³-hybridized carbons (Fsp3) is 0.321. The first-order valence-corrected chi connectivity index (χ1v) is 12.5. The number of nitrogens with zero attached hydrogens (tertiary/aromatic N) is 3. The molecule has 0 radical (unpaired) electrons. The molecule has 182 valence electrons. The molecule has 6 nitrogen and oxygen atoms in total. The first kappa shape index (κ1) is 24.7. The number of rotatable bonds is 8. The number of piperazine rings is 1. The van der Waals surface area contributed by atoms with Gasteiger partial charge in [0.25, 0.3) is 5.91 Å². The molecule has 4 rings (SSSR count). The van der Waals surface area contributed by atoms with E-state index >= 15 is 0 Å². The molecular formula is C28H31ClN4O2. The second kappa shape index (κ2) is 11.8. The third-order valence-corrected chi connectivity index (χ3v) is 6.66. The zero-order chi connectivity index (χ0) is 24.6. The second-order valence-corrected chi connectivity index (χ2v) is 9.16. The second-order valence-electron chi connectivity index (χ2n) is 8.72. The normalized spacial score (nSPS) is 14.5. The Hall–Kier alpha value is -3.38. The molecule has 3 aromatic rings. The van der Waals surface area contributed by atoms with Crippen molar-refractivity contribution in [2.45, 2.75) is 25.7 Å². The summed E-state index contributed by atoms with van der Waals surface area (Å²) in [7, 11) is 0. The Morgan fingerprint density at radius 2 is 1.77 bits per heavy atom. The van der Waals surface area contributed by atoms with Crippen molar-refractivity contribution in [1.82, 2.24) is 15.2 Å². The van der Waals surface area contributed by atoms with E-state index in [2.05, 4.69) is 22.1 Å². The Balaban J connectivity index is 1.27. The summed E-state index contributed by atoms with van der Waals surface area (Å²) in [6.07, 6.45) is 3.11. The molecule has 7 heteroatoms. The van der Waals surface area contributed by atoms with Crippen molar-refractivity contribution < 1.29 is 9.59 Å². The number of anilines is 1. The van der Waals surface area contributed by atoms with Crippen LogP contribution in [0.1, 0.15) is 40.7 Å². The molecule has 1 fully saturated rings. The summed E-state index contributed by atoms with van der Waals surface area (Å²) in [5.41, 5.74) is 2.69. The van der Waals surface area contributed by atoms with Gasteiger partial charge in [-0.1, -0.05) is 61.0 Å². The number of halogens is 1. The van der Waals surface area contributed by atoms with Crippen molar-refractivity contribution >= 4 is 29.2 Å². The van der Waals surface area contributed by atoms with Gasteiger partial charge in [-0.25, -0.2) is 4.98 Å². The third-order valence-electron chi connectivity index (χ3n) is 6.42. The first-order chi connectivity index (χ1) is 17.0. The van der Waals surface area contributed by atoms with Crippen molar-refractivity contribution in [1.29, 1.82) is 0 Å². The Labute approximate surface area is 211 Å². The molecule has 2 heterocycles. The van der Waals surface area contributed by atoms with Crippen LogP contribution in [-0.2, 0) is 11.2 Å². The van der Waals surface area contributed by atoms with Crippen LogP contribution in [0.4, 0.5) is 5.82 Å². The average Bonchev–Trinajstić information content (AvgIpc) is 2.90. The molecule has 0 bridgehead atoms. The van der Waals surface area contributed by atoms with Crippen molar-refractivity contribution in [2.24, 2.45) is 0 Å². The molecule has 35 heavy (non-hydrogen) atoms. The topological polar surface area (TPSA) is 65.5 Å². The van der Waals surface area contributed by atoms with Crippen molar-refractivity contribution in [3.8, 4) is 0 Å². The van der Waals surface area contributed by atoms with Gasteiger partial charge in [0.2, 0.25) is 5.91 Å². The van der Waals surface area contributed by atoms with E-state index in [0.717, 1.165) is 36.5 Å². The molecule has 2 amide bonds. The zero-order valence-corrected chi connectivity index (χ0v) is 20.7. The van der Waals surface area contributed by atoms with Gasteiger partial charge < -0.3 is 15.1 Å². The van der Waals surface area contributed by atoms with Crippen LogP contribution in [0.2, 0.25) is 5.02 Å². The summed E-state index contributed by atoms with van der Waals surface area (Å²) in [4.78, 5) is 34.2. The zero-order valence-electron chi connectivity index (χ0n) is 20.0. The van der Waals surface area contributed by atoms with Crippen molar-refractivity contribution in [3.05, 3.63) is 94.6 Å². The van der Waals surface area contributed by atoms with Gasteiger partial charge in [0.1, 0.15) is 5.82 Å². The van der Waals surface area contributed by atoms with Crippen molar-refractivity contribution in [3.63, 3.8) is 0 Å². The maximum absolute atomic E-state index is 13.1. The van der Waals surface area contributed by atoms with Gasteiger partial charge in [0, 0.05) is 43.9 Å². The first-order valence-electron chi connectivity index (χ1n) is 12.1. The van der Waals surface area contributed by atoms with Gasteiger partial charge in [-0.3, -0.25) is 9.59 Å². The summed E-state index contributed by atoms with van der Waals surface area (Å²) in [5.74, 6) is 0.768. The molecule has 1 aliphatic heterocycles. The van der Waals surface area contributed by atoms with Crippen LogP contribution < -0.4 is 10.2 Å². The van der Waals surface area contributed by atoms with Gasteiger partial charge in [-0.05, 0) is 48.2 Å². The maximum Gasteiger partial charge on any atom is 0.252 e. The number of carbonyl (C=O) groups is 2. The summed E-state index contributed by atoms with van der Waals surface area (Å²) in [6, 6.07) is 21.3. The highest BCUT2D eigenvalue weighted by atomic mass is 35.5. The van der Waals surface area contributed by atoms with E-state index in [4.69, 9.17) is 11.6 Å². The number of hydrogen-bond acceptors (Lipinski definition) is 4. The van der Waals surface area contributed by atoms with E-state index < -0.39 is 0 Å². The molecule has 1 N–H and O–H groups in total. The quantitative estimate of drug-likeness (QED) is 0.503. The molecule has 1 unspecified atom stereocenters. The van der Waals surface area contributed by atoms with E-state index in [-0.39, 0.29) is 17.7 Å². The lowest BCUT2D eigenvalue weighted by Gasteiger charge is -2.37. The Morgan fingerprint density at radius 1 is 1.00 bits per heavy atom. The van der Waals surface area contributed by atoms with E-state index in [0.29, 0.717) is 36.6 Å². The van der Waals surface area contributed by atoms with Crippen LogP contribution in [0.15, 0.2) is 72.9 Å². The summed E-state index contributed by atoms with van der Waals surface area (Å²) in [6.45, 7) is 5.35. The lowest BCUT2D eigenvalue weighted by atomic mass is 9.95. The van der Waals surface area contributed by atoms with Crippen LogP contribution in [-0.4, -0.2) is 54.4 Å². The number of pyridine rings is 1. The number of amides is 2. The number of aromatic nitrogens is 1. The van der Waals surface area contributed by atoms with E-state index in [9.17, 15) is 9.59 Å². The fourth-order valence-corrected chi connectivity index (χ4v) is 4.65. The summed E-state index contributed by atoms with van der Waals surface area (Å²) < 4.78 is 0. The van der Waals surface area contributed by atoms with Crippen LogP contribution in [0.5, 0.6) is 0 Å². The lowest BCUT2D eigenvalue weighted by molar-refractivity contribution is -0.133.